The summed E-state index contributed by atoms with van der Waals surface area (Å²) in [5.41, 5.74) is 0.549. The van der Waals surface area contributed by atoms with Crippen LogP contribution in [-0.2, 0) is 4.79 Å². The topological polar surface area (TPSA) is 91.3 Å². The van der Waals surface area contributed by atoms with Crippen LogP contribution in [0.3, 0.4) is 0 Å². The lowest BCUT2D eigenvalue weighted by molar-refractivity contribution is -0.120. The molecule has 2 aliphatic heterocycles. The second-order valence-electron chi connectivity index (χ2n) is 5.16. The minimum absolute atomic E-state index is 0.0530. The summed E-state index contributed by atoms with van der Waals surface area (Å²) >= 11 is 1.03. The van der Waals surface area contributed by atoms with E-state index in [-0.39, 0.29) is 23.4 Å². The van der Waals surface area contributed by atoms with Gasteiger partial charge in [-0.3, -0.25) is 4.79 Å². The molecule has 0 aliphatic carbocycles. The number of aromatic carboxylic acids is 1. The summed E-state index contributed by atoms with van der Waals surface area (Å²) in [4.78, 5) is 23.4. The Labute approximate surface area is 114 Å². The van der Waals surface area contributed by atoms with Crippen LogP contribution in [0.25, 0.3) is 0 Å². The SMILES string of the molecule is Cc1nsc(NC(=O)C2CC3CCC2N3)c1C(=O)O. The molecule has 3 N–H and O–H groups in total. The van der Waals surface area contributed by atoms with E-state index >= 15 is 0 Å². The third kappa shape index (κ3) is 2.12. The molecule has 0 spiro atoms. The zero-order chi connectivity index (χ0) is 13.6. The monoisotopic (exact) mass is 281 g/mol. The number of rotatable bonds is 3. The van der Waals surface area contributed by atoms with Crippen LogP contribution in [0.4, 0.5) is 5.00 Å². The summed E-state index contributed by atoms with van der Waals surface area (Å²) < 4.78 is 4.00. The first-order valence-electron chi connectivity index (χ1n) is 6.32. The molecule has 2 saturated heterocycles. The number of carboxylic acids is 1. The van der Waals surface area contributed by atoms with Crippen LogP contribution in [0.2, 0.25) is 0 Å². The molecule has 19 heavy (non-hydrogen) atoms. The van der Waals surface area contributed by atoms with Crippen LogP contribution in [-0.4, -0.2) is 33.4 Å². The number of fused-ring (bicyclic) bond motifs is 2. The highest BCUT2D eigenvalue weighted by molar-refractivity contribution is 7.11. The minimum Gasteiger partial charge on any atom is -0.478 e. The smallest absolute Gasteiger partial charge is 0.340 e. The van der Waals surface area contributed by atoms with Crippen LogP contribution in [0.1, 0.15) is 35.3 Å². The molecule has 3 heterocycles. The summed E-state index contributed by atoms with van der Waals surface area (Å²) in [6, 6.07) is 0.690. The summed E-state index contributed by atoms with van der Waals surface area (Å²) in [5, 5.41) is 15.6. The Balaban J connectivity index is 1.75. The number of nitrogens with one attached hydrogen (secondary N) is 2. The zero-order valence-corrected chi connectivity index (χ0v) is 11.3. The molecule has 0 radical (unpaired) electrons. The maximum Gasteiger partial charge on any atom is 0.340 e. The van der Waals surface area contributed by atoms with E-state index in [0.29, 0.717) is 16.7 Å². The molecule has 1 aromatic heterocycles. The number of amides is 1. The van der Waals surface area contributed by atoms with Gasteiger partial charge < -0.3 is 15.7 Å². The van der Waals surface area contributed by atoms with Crippen molar-refractivity contribution in [1.82, 2.24) is 9.69 Å². The lowest BCUT2D eigenvalue weighted by Crippen LogP contribution is -2.33. The van der Waals surface area contributed by atoms with E-state index in [1.54, 1.807) is 6.92 Å². The molecule has 2 fully saturated rings. The van der Waals surface area contributed by atoms with Crippen molar-refractivity contribution in [1.29, 1.82) is 0 Å². The number of carbonyl (C=O) groups is 2. The van der Waals surface area contributed by atoms with Gasteiger partial charge in [0.25, 0.3) is 0 Å². The molecule has 0 saturated carbocycles. The molecule has 0 aromatic carbocycles. The highest BCUT2D eigenvalue weighted by atomic mass is 32.1. The van der Waals surface area contributed by atoms with Gasteiger partial charge in [0, 0.05) is 12.1 Å². The van der Waals surface area contributed by atoms with Crippen molar-refractivity contribution in [3.63, 3.8) is 0 Å². The standard InChI is InChI=1S/C12H15N3O3S/c1-5-9(12(17)18)11(19-15-5)14-10(16)7-4-6-2-3-8(7)13-6/h6-8,13H,2-4H2,1H3,(H,14,16)(H,17,18). The van der Waals surface area contributed by atoms with Gasteiger partial charge in [-0.1, -0.05) is 0 Å². The molecule has 1 aromatic rings. The van der Waals surface area contributed by atoms with E-state index in [9.17, 15) is 9.59 Å². The Hall–Kier alpha value is -1.47. The minimum atomic E-state index is -1.05. The van der Waals surface area contributed by atoms with Crippen LogP contribution < -0.4 is 10.6 Å². The molecular formula is C12H15N3O3S. The Morgan fingerprint density at radius 1 is 1.47 bits per heavy atom. The summed E-state index contributed by atoms with van der Waals surface area (Å²) in [6.45, 7) is 1.63. The number of aryl methyl sites for hydroxylation is 1. The number of carbonyl (C=O) groups excluding carboxylic acids is 1. The number of aromatic nitrogens is 1. The molecular weight excluding hydrogens is 266 g/mol. The van der Waals surface area contributed by atoms with Crippen LogP contribution >= 0.6 is 11.5 Å². The Morgan fingerprint density at radius 3 is 2.84 bits per heavy atom. The molecule has 2 aliphatic rings. The molecule has 3 unspecified atom stereocenters. The van der Waals surface area contributed by atoms with E-state index in [4.69, 9.17) is 5.11 Å². The summed E-state index contributed by atoms with van der Waals surface area (Å²) in [5.74, 6) is -1.19. The third-order valence-electron chi connectivity index (χ3n) is 3.95. The van der Waals surface area contributed by atoms with E-state index in [2.05, 4.69) is 15.0 Å². The van der Waals surface area contributed by atoms with Crippen LogP contribution in [0.15, 0.2) is 0 Å². The van der Waals surface area contributed by atoms with E-state index < -0.39 is 5.97 Å². The predicted octanol–water partition coefficient (Wildman–Crippen LogP) is 1.23. The van der Waals surface area contributed by atoms with E-state index in [1.165, 1.54) is 0 Å². The average molecular weight is 281 g/mol. The van der Waals surface area contributed by atoms with Crippen LogP contribution in [0.5, 0.6) is 0 Å². The van der Waals surface area contributed by atoms with Gasteiger partial charge in [-0.05, 0) is 37.7 Å². The van der Waals surface area contributed by atoms with E-state index in [0.717, 1.165) is 30.8 Å². The number of carboxylic acid groups (broad SMARTS) is 1. The fraction of sp³-hybridized carbons (Fsp3) is 0.583. The molecule has 7 heteroatoms. The number of hydrogen-bond acceptors (Lipinski definition) is 5. The average Bonchev–Trinajstić information content (AvgIpc) is 3.04. The van der Waals surface area contributed by atoms with Gasteiger partial charge >= 0.3 is 5.97 Å². The zero-order valence-electron chi connectivity index (χ0n) is 10.5. The van der Waals surface area contributed by atoms with E-state index in [1.807, 2.05) is 0 Å². The number of hydrogen-bond donors (Lipinski definition) is 3. The lowest BCUT2D eigenvalue weighted by atomic mass is 9.88. The third-order valence-corrected chi connectivity index (χ3v) is 4.80. The molecule has 3 atom stereocenters. The van der Waals surface area contributed by atoms with Crippen molar-refractivity contribution < 1.29 is 14.7 Å². The highest BCUT2D eigenvalue weighted by Crippen LogP contribution is 2.34. The van der Waals surface area contributed by atoms with Gasteiger partial charge in [-0.2, -0.15) is 4.37 Å². The largest absolute Gasteiger partial charge is 0.478 e. The van der Waals surface area contributed by atoms with Crippen molar-refractivity contribution >= 4 is 28.4 Å². The summed E-state index contributed by atoms with van der Waals surface area (Å²) in [7, 11) is 0. The van der Waals surface area contributed by atoms with Gasteiger partial charge in [-0.15, -0.1) is 0 Å². The summed E-state index contributed by atoms with van der Waals surface area (Å²) in [6.07, 6.45) is 3.00. The first-order chi connectivity index (χ1) is 9.06. The Bertz CT molecular complexity index is 542. The first-order valence-corrected chi connectivity index (χ1v) is 7.10. The normalized spacial score (nSPS) is 28.6. The lowest BCUT2D eigenvalue weighted by Gasteiger charge is -2.18. The Morgan fingerprint density at radius 2 is 2.26 bits per heavy atom. The maximum absolute atomic E-state index is 12.2. The Kier molecular flexibility index (Phi) is 3.02. The maximum atomic E-state index is 12.2. The van der Waals surface area contributed by atoms with Crippen molar-refractivity contribution in [2.45, 2.75) is 38.3 Å². The van der Waals surface area contributed by atoms with Gasteiger partial charge in [0.05, 0.1) is 11.6 Å². The van der Waals surface area contributed by atoms with Gasteiger partial charge in [-0.25, -0.2) is 4.79 Å². The number of anilines is 1. The predicted molar refractivity (Wildman–Crippen MR) is 70.5 cm³/mol. The van der Waals surface area contributed by atoms with Crippen molar-refractivity contribution in [3.8, 4) is 0 Å². The number of nitrogens with zero attached hydrogens (tertiary/aromatic N) is 1. The fourth-order valence-electron chi connectivity index (χ4n) is 3.03. The molecule has 1 amide bonds. The second-order valence-corrected chi connectivity index (χ2v) is 5.93. The van der Waals surface area contributed by atoms with Crippen molar-refractivity contribution in [2.24, 2.45) is 5.92 Å². The molecule has 3 rings (SSSR count). The molecule has 2 bridgehead atoms. The second kappa shape index (κ2) is 4.57. The van der Waals surface area contributed by atoms with Crippen molar-refractivity contribution in [3.05, 3.63) is 11.3 Å². The van der Waals surface area contributed by atoms with Gasteiger partial charge in [0.15, 0.2) is 0 Å². The van der Waals surface area contributed by atoms with Crippen LogP contribution in [0, 0.1) is 12.8 Å². The van der Waals surface area contributed by atoms with Gasteiger partial charge in [0.1, 0.15) is 10.6 Å². The first kappa shape index (κ1) is 12.6. The van der Waals surface area contributed by atoms with Crippen molar-refractivity contribution in [2.75, 3.05) is 5.32 Å². The molecule has 6 nitrogen and oxygen atoms in total. The fourth-order valence-corrected chi connectivity index (χ4v) is 3.82. The quantitative estimate of drug-likeness (QED) is 0.775. The van der Waals surface area contributed by atoms with Gasteiger partial charge in [0.2, 0.25) is 5.91 Å². The molecule has 102 valence electrons. The highest BCUT2D eigenvalue weighted by Gasteiger charge is 2.43.